The van der Waals surface area contributed by atoms with Gasteiger partial charge in [-0.25, -0.2) is 4.98 Å². The van der Waals surface area contributed by atoms with Gasteiger partial charge in [-0.05, 0) is 48.9 Å². The van der Waals surface area contributed by atoms with Gasteiger partial charge >= 0.3 is 0 Å². The second-order valence-electron chi connectivity index (χ2n) is 4.32. The predicted molar refractivity (Wildman–Crippen MR) is 79.3 cm³/mol. The summed E-state index contributed by atoms with van der Waals surface area (Å²) in [5.41, 5.74) is 4.64. The van der Waals surface area contributed by atoms with Crippen molar-refractivity contribution in [3.63, 3.8) is 0 Å². The molecule has 3 heteroatoms. The summed E-state index contributed by atoms with van der Waals surface area (Å²) < 4.78 is 1.24. The van der Waals surface area contributed by atoms with Gasteiger partial charge in [0.15, 0.2) is 0 Å². The maximum atomic E-state index is 4.70. The molecule has 0 saturated carbocycles. The fourth-order valence-electron chi connectivity index (χ4n) is 1.94. The third kappa shape index (κ3) is 1.97. The van der Waals surface area contributed by atoms with Gasteiger partial charge in [0.1, 0.15) is 5.01 Å². The quantitative estimate of drug-likeness (QED) is 0.737. The van der Waals surface area contributed by atoms with Crippen LogP contribution in [0.5, 0.6) is 0 Å². The van der Waals surface area contributed by atoms with Gasteiger partial charge in [0.05, 0.1) is 10.2 Å². The molecule has 0 fully saturated rings. The number of aromatic nitrogens is 1. The second-order valence-corrected chi connectivity index (χ2v) is 5.35. The normalized spacial score (nSPS) is 10.8. The number of anilines is 1. The molecule has 0 aliphatic heterocycles. The van der Waals surface area contributed by atoms with Gasteiger partial charge in [0.2, 0.25) is 0 Å². The molecule has 90 valence electrons. The zero-order valence-corrected chi connectivity index (χ0v) is 11.2. The smallest absolute Gasteiger partial charge is 0.124 e. The zero-order valence-electron chi connectivity index (χ0n) is 10.4. The number of nitrogens with one attached hydrogen (secondary N) is 1. The first-order chi connectivity index (χ1) is 8.76. The SMILES string of the molecule is CNc1ccc(-c2nc3cc(C)ccc3s2)cc1. The van der Waals surface area contributed by atoms with E-state index in [1.807, 2.05) is 7.05 Å². The highest BCUT2D eigenvalue weighted by Crippen LogP contribution is 2.31. The molecule has 0 spiro atoms. The molecule has 3 rings (SSSR count). The average Bonchev–Trinajstić information content (AvgIpc) is 2.81. The molecule has 3 aromatic rings. The Bertz CT molecular complexity index is 683. The Balaban J connectivity index is 2.07. The number of benzene rings is 2. The molecule has 0 unspecified atom stereocenters. The molecule has 0 amide bonds. The summed E-state index contributed by atoms with van der Waals surface area (Å²) in [6.45, 7) is 2.10. The van der Waals surface area contributed by atoms with E-state index in [-0.39, 0.29) is 0 Å². The van der Waals surface area contributed by atoms with Gasteiger partial charge in [0.25, 0.3) is 0 Å². The lowest BCUT2D eigenvalue weighted by Gasteiger charge is -2.00. The van der Waals surface area contributed by atoms with Crippen LogP contribution in [-0.4, -0.2) is 12.0 Å². The van der Waals surface area contributed by atoms with Gasteiger partial charge in [-0.2, -0.15) is 0 Å². The molecule has 2 nitrogen and oxygen atoms in total. The van der Waals surface area contributed by atoms with Crippen molar-refractivity contribution in [2.24, 2.45) is 0 Å². The van der Waals surface area contributed by atoms with E-state index in [1.54, 1.807) is 11.3 Å². The highest BCUT2D eigenvalue weighted by molar-refractivity contribution is 7.21. The molecule has 0 atom stereocenters. The monoisotopic (exact) mass is 254 g/mol. The van der Waals surface area contributed by atoms with Crippen molar-refractivity contribution in [1.29, 1.82) is 0 Å². The lowest BCUT2D eigenvalue weighted by atomic mass is 10.2. The second kappa shape index (κ2) is 4.42. The van der Waals surface area contributed by atoms with Crippen LogP contribution in [-0.2, 0) is 0 Å². The summed E-state index contributed by atoms with van der Waals surface area (Å²) in [4.78, 5) is 4.70. The number of aryl methyl sites for hydroxylation is 1. The van der Waals surface area contributed by atoms with E-state index >= 15 is 0 Å². The largest absolute Gasteiger partial charge is 0.388 e. The summed E-state index contributed by atoms with van der Waals surface area (Å²) in [5, 5.41) is 4.20. The van der Waals surface area contributed by atoms with E-state index in [0.29, 0.717) is 0 Å². The van der Waals surface area contributed by atoms with Crippen LogP contribution >= 0.6 is 11.3 Å². The van der Waals surface area contributed by atoms with Crippen LogP contribution in [0.4, 0.5) is 5.69 Å². The summed E-state index contributed by atoms with van der Waals surface area (Å²) in [6.07, 6.45) is 0. The fourth-order valence-corrected chi connectivity index (χ4v) is 2.89. The van der Waals surface area contributed by atoms with Crippen molar-refractivity contribution in [2.75, 3.05) is 12.4 Å². The van der Waals surface area contributed by atoms with E-state index in [0.717, 1.165) is 16.2 Å². The third-order valence-electron chi connectivity index (χ3n) is 2.96. The number of nitrogens with zero attached hydrogens (tertiary/aromatic N) is 1. The van der Waals surface area contributed by atoms with Crippen molar-refractivity contribution >= 4 is 27.2 Å². The van der Waals surface area contributed by atoms with Crippen LogP contribution in [0.2, 0.25) is 0 Å². The molecule has 0 saturated heterocycles. The van der Waals surface area contributed by atoms with E-state index < -0.39 is 0 Å². The van der Waals surface area contributed by atoms with Crippen LogP contribution < -0.4 is 5.32 Å². The number of fused-ring (bicyclic) bond motifs is 1. The number of rotatable bonds is 2. The summed E-state index contributed by atoms with van der Waals surface area (Å²) in [7, 11) is 1.93. The molecule has 18 heavy (non-hydrogen) atoms. The fraction of sp³-hybridized carbons (Fsp3) is 0.133. The van der Waals surface area contributed by atoms with Crippen LogP contribution in [0.25, 0.3) is 20.8 Å². The molecule has 0 aliphatic rings. The van der Waals surface area contributed by atoms with Crippen molar-refractivity contribution in [3.8, 4) is 10.6 Å². The molecule has 1 aromatic heterocycles. The van der Waals surface area contributed by atoms with Gasteiger partial charge in [-0.3, -0.25) is 0 Å². The van der Waals surface area contributed by atoms with E-state index in [2.05, 4.69) is 54.7 Å². The van der Waals surface area contributed by atoms with Crippen LogP contribution in [0.15, 0.2) is 42.5 Å². The van der Waals surface area contributed by atoms with E-state index in [9.17, 15) is 0 Å². The Morgan fingerprint density at radius 2 is 1.83 bits per heavy atom. The zero-order chi connectivity index (χ0) is 12.5. The lowest BCUT2D eigenvalue weighted by Crippen LogP contribution is -1.86. The standard InChI is InChI=1S/C15H14N2S/c1-10-3-8-14-13(9-10)17-15(18-14)11-4-6-12(16-2)7-5-11/h3-9,16H,1-2H3. The van der Waals surface area contributed by atoms with Crippen LogP contribution in [0.1, 0.15) is 5.56 Å². The Labute approximate surface area is 110 Å². The third-order valence-corrected chi connectivity index (χ3v) is 4.05. The van der Waals surface area contributed by atoms with Crippen LogP contribution in [0, 0.1) is 6.92 Å². The summed E-state index contributed by atoms with van der Waals surface area (Å²) in [6, 6.07) is 14.8. The Morgan fingerprint density at radius 1 is 1.06 bits per heavy atom. The van der Waals surface area contributed by atoms with Crippen molar-refractivity contribution < 1.29 is 0 Å². The minimum Gasteiger partial charge on any atom is -0.388 e. The minimum absolute atomic E-state index is 1.08. The molecule has 0 radical (unpaired) electrons. The summed E-state index contributed by atoms with van der Waals surface area (Å²) >= 11 is 1.74. The average molecular weight is 254 g/mol. The van der Waals surface area contributed by atoms with Crippen molar-refractivity contribution in [3.05, 3.63) is 48.0 Å². The van der Waals surface area contributed by atoms with Crippen molar-refractivity contribution in [1.82, 2.24) is 4.98 Å². The van der Waals surface area contributed by atoms with E-state index in [4.69, 9.17) is 4.98 Å². The highest BCUT2D eigenvalue weighted by atomic mass is 32.1. The first-order valence-corrected chi connectivity index (χ1v) is 6.73. The van der Waals surface area contributed by atoms with Gasteiger partial charge in [-0.15, -0.1) is 11.3 Å². The lowest BCUT2D eigenvalue weighted by molar-refractivity contribution is 1.43. The Kier molecular flexibility index (Phi) is 2.76. The maximum absolute atomic E-state index is 4.70. The topological polar surface area (TPSA) is 24.9 Å². The predicted octanol–water partition coefficient (Wildman–Crippen LogP) is 4.31. The van der Waals surface area contributed by atoms with Gasteiger partial charge in [0, 0.05) is 18.3 Å². The molecular formula is C15H14N2S. The first-order valence-electron chi connectivity index (χ1n) is 5.91. The molecule has 0 bridgehead atoms. The minimum atomic E-state index is 1.08. The highest BCUT2D eigenvalue weighted by Gasteiger charge is 2.06. The van der Waals surface area contributed by atoms with Gasteiger partial charge in [-0.1, -0.05) is 6.07 Å². The molecule has 0 aliphatic carbocycles. The molecule has 1 N–H and O–H groups in total. The maximum Gasteiger partial charge on any atom is 0.124 e. The molecule has 2 aromatic carbocycles. The Morgan fingerprint density at radius 3 is 2.56 bits per heavy atom. The number of thiazole rings is 1. The Hall–Kier alpha value is -1.87. The van der Waals surface area contributed by atoms with Crippen molar-refractivity contribution in [2.45, 2.75) is 6.92 Å². The first kappa shape index (κ1) is 11.2. The summed E-state index contributed by atoms with van der Waals surface area (Å²) in [5.74, 6) is 0. The molecular weight excluding hydrogens is 240 g/mol. The molecule has 1 heterocycles. The van der Waals surface area contributed by atoms with E-state index in [1.165, 1.54) is 15.8 Å². The number of hydrogen-bond donors (Lipinski definition) is 1. The van der Waals surface area contributed by atoms with Gasteiger partial charge < -0.3 is 5.32 Å². The number of hydrogen-bond acceptors (Lipinski definition) is 3. The van der Waals surface area contributed by atoms with Crippen LogP contribution in [0.3, 0.4) is 0 Å².